The maximum absolute atomic E-state index is 10.2. The molecule has 5 N–H and O–H groups in total. The normalized spacial score (nSPS) is 18.7. The Hall–Kier alpha value is -3.11. The molecule has 0 bridgehead atoms. The van der Waals surface area contributed by atoms with Crippen molar-refractivity contribution in [2.75, 3.05) is 18.5 Å². The molecule has 2 saturated carbocycles. The molecule has 2 aliphatic carbocycles. The number of aryl methyl sites for hydroxylation is 2. The van der Waals surface area contributed by atoms with Crippen LogP contribution >= 0.6 is 43.5 Å². The van der Waals surface area contributed by atoms with Gasteiger partial charge in [0.1, 0.15) is 23.7 Å². The summed E-state index contributed by atoms with van der Waals surface area (Å²) in [5.74, 6) is 0.570. The molecule has 2 aliphatic rings. The summed E-state index contributed by atoms with van der Waals surface area (Å²) >= 11 is 13.1. The van der Waals surface area contributed by atoms with Gasteiger partial charge < -0.3 is 39.9 Å². The molecule has 0 radical (unpaired) electrons. The quantitative estimate of drug-likeness (QED) is 0.0354. The zero-order valence-electron chi connectivity index (χ0n) is 39.0. The molecule has 0 spiro atoms. The second-order valence-electron chi connectivity index (χ2n) is 19.7. The van der Waals surface area contributed by atoms with Crippen molar-refractivity contribution in [3.05, 3.63) is 80.6 Å². The molecular formula is C47H66Br2ClN9O4Si2. The fraction of sp³-hybridized carbons (Fsp3) is 0.511. The number of fused-ring (bicyclic) bond motifs is 2. The van der Waals surface area contributed by atoms with Crippen LogP contribution in [0.4, 0.5) is 5.95 Å². The topological polar surface area (TPSA) is 171 Å². The first-order valence-electron chi connectivity index (χ1n) is 22.6. The number of halogens is 3. The Balaban J connectivity index is 0.000000190. The van der Waals surface area contributed by atoms with Crippen LogP contribution in [0.2, 0.25) is 56.7 Å². The standard InChI is InChI=1S/C24H33BrN4O2Si.C18H22BrClN4OSi.C5H11NO/c1-16-13-26-24(27-20-6-5-7-22(20)30)28-23(16)19-14-29(15-31-10-11-32(2,3)4)21-12-17(25)8-9-18(19)21;1-12-9-21-18(20)23-16(12)14-10-24(11-25-7-8-26(2,3)4)17-13(14)5-6-15(19)22-17;6-4-2-1-3-5(4)7/h8-9,12-14,20,22,30H,5-7,10-11,15H2,1-4H3,(H,26,27,28);5-6,9-10H,7-8,11H2,1-4H3;4-5,7H,1-3,6H2/t20-,22+;;4-,5+/m0.0/s1. The van der Waals surface area contributed by atoms with Crippen molar-refractivity contribution in [1.29, 1.82) is 0 Å². The third-order valence-electron chi connectivity index (χ3n) is 11.7. The van der Waals surface area contributed by atoms with Gasteiger partial charge in [-0.3, -0.25) is 0 Å². The number of hydrogen-bond donors (Lipinski definition) is 4. The predicted octanol–water partition coefficient (Wildman–Crippen LogP) is 11.2. The highest BCUT2D eigenvalue weighted by Gasteiger charge is 2.26. The lowest BCUT2D eigenvalue weighted by Gasteiger charge is -2.17. The Kier molecular flexibility index (Phi) is 18.0. The summed E-state index contributed by atoms with van der Waals surface area (Å²) in [6.45, 7) is 20.7. The van der Waals surface area contributed by atoms with Crippen LogP contribution < -0.4 is 11.1 Å². The fourth-order valence-electron chi connectivity index (χ4n) is 7.79. The highest BCUT2D eigenvalue weighted by molar-refractivity contribution is 9.10. The number of ether oxygens (including phenoxy) is 2. The Morgan fingerprint density at radius 2 is 1.34 bits per heavy atom. The number of rotatable bonds is 14. The molecule has 0 aliphatic heterocycles. The molecular weight excluding hydrogens is 1010 g/mol. The second kappa shape index (κ2) is 22.8. The van der Waals surface area contributed by atoms with Crippen molar-refractivity contribution >= 4 is 87.5 Å². The molecule has 0 unspecified atom stereocenters. The van der Waals surface area contributed by atoms with Gasteiger partial charge in [-0.15, -0.1) is 0 Å². The number of aromatic nitrogens is 7. The van der Waals surface area contributed by atoms with Crippen LogP contribution in [0.1, 0.15) is 49.7 Å². The van der Waals surface area contributed by atoms with Gasteiger partial charge in [-0.05, 0) is 127 Å². The molecule has 0 saturated heterocycles. The van der Waals surface area contributed by atoms with E-state index in [0.29, 0.717) is 19.4 Å². The molecule has 352 valence electrons. The minimum Gasteiger partial charge on any atom is -0.392 e. The summed E-state index contributed by atoms with van der Waals surface area (Å²) in [6, 6.07) is 12.7. The van der Waals surface area contributed by atoms with Gasteiger partial charge in [-0.1, -0.05) is 61.3 Å². The van der Waals surface area contributed by atoms with E-state index in [1.54, 1.807) is 6.20 Å². The molecule has 18 heteroatoms. The highest BCUT2D eigenvalue weighted by atomic mass is 79.9. The number of nitrogens with zero attached hydrogens (tertiary/aromatic N) is 7. The first kappa shape index (κ1) is 51.3. The van der Waals surface area contributed by atoms with Crippen molar-refractivity contribution in [2.45, 2.75) is 141 Å². The van der Waals surface area contributed by atoms with E-state index in [1.165, 1.54) is 0 Å². The zero-order valence-corrected chi connectivity index (χ0v) is 45.0. The summed E-state index contributed by atoms with van der Waals surface area (Å²) < 4.78 is 18.0. The summed E-state index contributed by atoms with van der Waals surface area (Å²) in [5, 5.41) is 24.8. The molecule has 13 nitrogen and oxygen atoms in total. The highest BCUT2D eigenvalue weighted by Crippen LogP contribution is 2.35. The third-order valence-corrected chi connectivity index (χ3v) is 16.3. The number of aliphatic hydroxyl groups excluding tert-OH is 2. The van der Waals surface area contributed by atoms with Gasteiger partial charge in [0.2, 0.25) is 11.2 Å². The average molecular weight is 1070 g/mol. The van der Waals surface area contributed by atoms with Crippen molar-refractivity contribution in [1.82, 2.24) is 34.1 Å². The van der Waals surface area contributed by atoms with Crippen molar-refractivity contribution in [2.24, 2.45) is 5.73 Å². The van der Waals surface area contributed by atoms with Crippen molar-refractivity contribution in [3.8, 4) is 22.5 Å². The number of anilines is 1. The van der Waals surface area contributed by atoms with Crippen LogP contribution in [0.3, 0.4) is 0 Å². The Labute approximate surface area is 407 Å². The van der Waals surface area contributed by atoms with Crippen LogP contribution in [0, 0.1) is 13.8 Å². The van der Waals surface area contributed by atoms with Gasteiger partial charge in [-0.2, -0.15) is 0 Å². The summed E-state index contributed by atoms with van der Waals surface area (Å²) in [5.41, 5.74) is 13.2. The van der Waals surface area contributed by atoms with E-state index in [-0.39, 0.29) is 29.6 Å². The predicted molar refractivity (Wildman–Crippen MR) is 277 cm³/mol. The van der Waals surface area contributed by atoms with Crippen LogP contribution in [0.15, 0.2) is 64.2 Å². The van der Waals surface area contributed by atoms with Gasteiger partial charge in [0.05, 0.1) is 35.2 Å². The minimum atomic E-state index is -1.12. The number of aliphatic hydroxyl groups is 2. The second-order valence-corrected chi connectivity index (χ2v) is 33.0. The number of nitrogens with two attached hydrogens (primary N) is 1. The van der Waals surface area contributed by atoms with Gasteiger partial charge in [0, 0.05) is 86.6 Å². The monoisotopic (exact) mass is 1070 g/mol. The maximum Gasteiger partial charge on any atom is 0.223 e. The average Bonchev–Trinajstić information content (AvgIpc) is 4.02. The molecule has 5 heterocycles. The molecule has 65 heavy (non-hydrogen) atoms. The number of nitrogens with one attached hydrogen (secondary N) is 1. The van der Waals surface area contributed by atoms with E-state index < -0.39 is 16.1 Å². The smallest absolute Gasteiger partial charge is 0.223 e. The van der Waals surface area contributed by atoms with Crippen molar-refractivity contribution < 1.29 is 19.7 Å². The molecule has 0 amide bonds. The van der Waals surface area contributed by atoms with Crippen LogP contribution in [-0.4, -0.2) is 97.9 Å². The number of benzene rings is 1. The maximum atomic E-state index is 10.2. The molecule has 2 fully saturated rings. The first-order chi connectivity index (χ1) is 30.8. The molecule has 5 aromatic heterocycles. The number of hydrogen-bond acceptors (Lipinski definition) is 11. The van der Waals surface area contributed by atoms with Gasteiger partial charge >= 0.3 is 0 Å². The zero-order chi connectivity index (χ0) is 47.1. The van der Waals surface area contributed by atoms with E-state index >= 15 is 0 Å². The molecule has 1 aromatic carbocycles. The van der Waals surface area contributed by atoms with Crippen LogP contribution in [-0.2, 0) is 22.9 Å². The molecule has 4 atom stereocenters. The van der Waals surface area contributed by atoms with Gasteiger partial charge in [-0.25, -0.2) is 24.9 Å². The lowest BCUT2D eigenvalue weighted by Crippen LogP contribution is -2.28. The summed E-state index contributed by atoms with van der Waals surface area (Å²) in [6.07, 6.45) is 13.0. The van der Waals surface area contributed by atoms with Gasteiger partial charge in [0.25, 0.3) is 0 Å². The van der Waals surface area contributed by atoms with E-state index in [9.17, 15) is 5.11 Å². The summed E-state index contributed by atoms with van der Waals surface area (Å²) in [4.78, 5) is 22.5. The third kappa shape index (κ3) is 14.5. The lowest BCUT2D eigenvalue weighted by atomic mass is 10.1. The minimum absolute atomic E-state index is 0.0163. The van der Waals surface area contributed by atoms with Gasteiger partial charge in [0.15, 0.2) is 0 Å². The molecule has 6 aromatic rings. The van der Waals surface area contributed by atoms with Crippen LogP contribution in [0.25, 0.3) is 44.5 Å². The SMILES string of the molecule is Cc1cnc(Cl)nc1-c1cn(COCC[Si](C)(C)C)c2nc(Br)ccc12.Cc1cnc(N[C@H]2CCC[C@H]2O)nc1-c1cn(COCC[Si](C)(C)C)c2cc(Br)ccc12.N[C@H]1CCC[C@H]1O. The Bertz CT molecular complexity index is 2520. The largest absolute Gasteiger partial charge is 0.392 e. The van der Waals surface area contributed by atoms with E-state index in [0.717, 1.165) is 128 Å². The lowest BCUT2D eigenvalue weighted by molar-refractivity contribution is 0.0899. The van der Waals surface area contributed by atoms with E-state index in [1.807, 2.05) is 42.9 Å². The number of pyridine rings is 1. The first-order valence-corrected chi connectivity index (χ1v) is 31.9. The van der Waals surface area contributed by atoms with E-state index in [2.05, 4.69) is 125 Å². The fourth-order valence-corrected chi connectivity index (χ4v) is 10.1. The van der Waals surface area contributed by atoms with Crippen LogP contribution in [0.5, 0.6) is 0 Å². The van der Waals surface area contributed by atoms with Crippen molar-refractivity contribution in [3.63, 3.8) is 0 Å². The summed E-state index contributed by atoms with van der Waals surface area (Å²) in [7, 11) is -2.23. The van der Waals surface area contributed by atoms with E-state index in [4.69, 9.17) is 36.9 Å². The Morgan fingerprint density at radius 3 is 1.94 bits per heavy atom. The molecule has 8 rings (SSSR count). The Morgan fingerprint density at radius 1 is 0.754 bits per heavy atom.